The number of hydrogen-bond acceptors (Lipinski definition) is 2. The molecule has 0 spiro atoms. The number of nitrogens with one attached hydrogen (secondary N) is 1. The number of carbonyl (C=O) groups excluding carboxylic acids is 1. The van der Waals surface area contributed by atoms with Crippen LogP contribution in [0.1, 0.15) is 43.0 Å². The van der Waals surface area contributed by atoms with Gasteiger partial charge in [-0.2, -0.15) is 0 Å². The van der Waals surface area contributed by atoms with Crippen LogP contribution in [-0.2, 0) is 0 Å². The van der Waals surface area contributed by atoms with Crippen molar-refractivity contribution in [3.05, 3.63) is 28.8 Å². The third-order valence-corrected chi connectivity index (χ3v) is 4.38. The molecule has 104 valence electrons. The number of benzene rings is 1. The molecular weight excluding hydrogens is 260 g/mol. The van der Waals surface area contributed by atoms with Gasteiger partial charge in [-0.05, 0) is 36.8 Å². The first kappa shape index (κ1) is 14.2. The standard InChI is InChI=1S/C15H21ClN2O/c1-10-5-7-11(8-6-10)9-18-15(19)12-3-2-4-13(17)14(12)16/h2-4,10-11H,5-9,17H2,1H3,(H,18,19). The maximum atomic E-state index is 12.1. The molecule has 0 saturated heterocycles. The zero-order valence-corrected chi connectivity index (χ0v) is 12.0. The molecule has 1 amide bonds. The zero-order valence-electron chi connectivity index (χ0n) is 11.3. The average Bonchev–Trinajstić information content (AvgIpc) is 2.41. The van der Waals surface area contributed by atoms with Crippen LogP contribution in [0.15, 0.2) is 18.2 Å². The van der Waals surface area contributed by atoms with E-state index in [-0.39, 0.29) is 5.91 Å². The van der Waals surface area contributed by atoms with Crippen molar-refractivity contribution in [2.45, 2.75) is 32.6 Å². The van der Waals surface area contributed by atoms with E-state index in [4.69, 9.17) is 17.3 Å². The predicted molar refractivity (Wildman–Crippen MR) is 79.3 cm³/mol. The minimum Gasteiger partial charge on any atom is -0.398 e. The molecule has 0 unspecified atom stereocenters. The van der Waals surface area contributed by atoms with Gasteiger partial charge in [0, 0.05) is 6.54 Å². The number of anilines is 1. The highest BCUT2D eigenvalue weighted by Gasteiger charge is 2.19. The summed E-state index contributed by atoms with van der Waals surface area (Å²) in [5.74, 6) is 1.30. The van der Waals surface area contributed by atoms with Crippen molar-refractivity contribution in [3.63, 3.8) is 0 Å². The van der Waals surface area contributed by atoms with Crippen molar-refractivity contribution in [2.75, 3.05) is 12.3 Å². The average molecular weight is 281 g/mol. The summed E-state index contributed by atoms with van der Waals surface area (Å²) < 4.78 is 0. The van der Waals surface area contributed by atoms with E-state index in [0.717, 1.165) is 12.5 Å². The molecule has 1 aliphatic rings. The molecular formula is C15H21ClN2O. The number of nitrogen functional groups attached to an aromatic ring is 1. The monoisotopic (exact) mass is 280 g/mol. The molecule has 0 aliphatic heterocycles. The Bertz CT molecular complexity index is 453. The van der Waals surface area contributed by atoms with Crippen LogP contribution in [0, 0.1) is 11.8 Å². The van der Waals surface area contributed by atoms with Gasteiger partial charge in [0.05, 0.1) is 16.3 Å². The van der Waals surface area contributed by atoms with Gasteiger partial charge >= 0.3 is 0 Å². The van der Waals surface area contributed by atoms with Crippen LogP contribution < -0.4 is 11.1 Å². The van der Waals surface area contributed by atoms with E-state index in [9.17, 15) is 4.79 Å². The second kappa shape index (κ2) is 6.29. The number of halogens is 1. The maximum absolute atomic E-state index is 12.1. The lowest BCUT2D eigenvalue weighted by atomic mass is 9.83. The van der Waals surface area contributed by atoms with E-state index in [1.165, 1.54) is 25.7 Å². The van der Waals surface area contributed by atoms with Crippen molar-refractivity contribution in [3.8, 4) is 0 Å². The quantitative estimate of drug-likeness (QED) is 0.833. The Morgan fingerprint density at radius 3 is 2.74 bits per heavy atom. The molecule has 1 aliphatic carbocycles. The van der Waals surface area contributed by atoms with Crippen molar-refractivity contribution in [1.82, 2.24) is 5.32 Å². The summed E-state index contributed by atoms with van der Waals surface area (Å²) in [6.45, 7) is 3.03. The first-order chi connectivity index (χ1) is 9.08. The number of amides is 1. The van der Waals surface area contributed by atoms with E-state index < -0.39 is 0 Å². The van der Waals surface area contributed by atoms with E-state index in [1.807, 2.05) is 0 Å². The van der Waals surface area contributed by atoms with Gasteiger partial charge < -0.3 is 11.1 Å². The van der Waals surface area contributed by atoms with Gasteiger partial charge in [-0.15, -0.1) is 0 Å². The Morgan fingerprint density at radius 2 is 2.05 bits per heavy atom. The van der Waals surface area contributed by atoms with Crippen LogP contribution in [0.5, 0.6) is 0 Å². The summed E-state index contributed by atoms with van der Waals surface area (Å²) in [6.07, 6.45) is 4.93. The molecule has 19 heavy (non-hydrogen) atoms. The first-order valence-corrected chi connectivity index (χ1v) is 7.28. The van der Waals surface area contributed by atoms with Crippen molar-refractivity contribution >= 4 is 23.2 Å². The number of carbonyl (C=O) groups is 1. The molecule has 3 N–H and O–H groups in total. The second-order valence-corrected chi connectivity index (χ2v) is 5.92. The smallest absolute Gasteiger partial charge is 0.252 e. The Balaban J connectivity index is 1.89. The molecule has 1 aromatic rings. The third kappa shape index (κ3) is 3.63. The summed E-state index contributed by atoms with van der Waals surface area (Å²) in [5, 5.41) is 3.32. The van der Waals surface area contributed by atoms with Gasteiger partial charge in [0.1, 0.15) is 0 Å². The van der Waals surface area contributed by atoms with Gasteiger partial charge in [-0.1, -0.05) is 37.4 Å². The van der Waals surface area contributed by atoms with Crippen molar-refractivity contribution in [2.24, 2.45) is 11.8 Å². The fourth-order valence-electron chi connectivity index (χ4n) is 2.59. The molecule has 0 aromatic heterocycles. The van der Waals surface area contributed by atoms with Crippen LogP contribution in [0.3, 0.4) is 0 Å². The number of rotatable bonds is 3. The molecule has 0 radical (unpaired) electrons. The highest BCUT2D eigenvalue weighted by atomic mass is 35.5. The lowest BCUT2D eigenvalue weighted by Crippen LogP contribution is -2.31. The molecule has 0 bridgehead atoms. The molecule has 1 fully saturated rings. The Morgan fingerprint density at radius 1 is 1.37 bits per heavy atom. The highest BCUT2D eigenvalue weighted by Crippen LogP contribution is 2.28. The van der Waals surface area contributed by atoms with Crippen LogP contribution in [0.2, 0.25) is 5.02 Å². The predicted octanol–water partition coefficient (Wildman–Crippen LogP) is 3.48. The van der Waals surface area contributed by atoms with Crippen LogP contribution in [0.25, 0.3) is 0 Å². The summed E-state index contributed by atoms with van der Waals surface area (Å²) in [7, 11) is 0. The Labute approximate surface area is 119 Å². The lowest BCUT2D eigenvalue weighted by Gasteiger charge is -2.26. The number of nitrogens with two attached hydrogens (primary N) is 1. The summed E-state index contributed by atoms with van der Waals surface area (Å²) in [6, 6.07) is 5.15. The van der Waals surface area contributed by atoms with Crippen LogP contribution in [-0.4, -0.2) is 12.5 Å². The molecule has 1 aromatic carbocycles. The SMILES string of the molecule is CC1CCC(CNC(=O)c2cccc(N)c2Cl)CC1. The normalized spacial score (nSPS) is 23.1. The van der Waals surface area contributed by atoms with Gasteiger partial charge in [-0.25, -0.2) is 0 Å². The van der Waals surface area contributed by atoms with Crippen molar-refractivity contribution in [1.29, 1.82) is 0 Å². The van der Waals surface area contributed by atoms with Crippen LogP contribution >= 0.6 is 11.6 Å². The topological polar surface area (TPSA) is 55.1 Å². The molecule has 3 nitrogen and oxygen atoms in total. The highest BCUT2D eigenvalue weighted by molar-refractivity contribution is 6.36. The summed E-state index contributed by atoms with van der Waals surface area (Å²) in [4.78, 5) is 12.1. The first-order valence-electron chi connectivity index (χ1n) is 6.90. The molecule has 0 heterocycles. The van der Waals surface area contributed by atoms with Gasteiger partial charge in [0.15, 0.2) is 0 Å². The largest absolute Gasteiger partial charge is 0.398 e. The maximum Gasteiger partial charge on any atom is 0.252 e. The number of hydrogen-bond donors (Lipinski definition) is 2. The fourth-order valence-corrected chi connectivity index (χ4v) is 2.80. The molecule has 1 saturated carbocycles. The minimum absolute atomic E-state index is 0.129. The van der Waals surface area contributed by atoms with Gasteiger partial charge in [0.25, 0.3) is 5.91 Å². The minimum atomic E-state index is -0.129. The third-order valence-electron chi connectivity index (χ3n) is 3.96. The Kier molecular flexibility index (Phi) is 4.70. The van der Waals surface area contributed by atoms with Gasteiger partial charge in [0.2, 0.25) is 0 Å². The summed E-state index contributed by atoms with van der Waals surface area (Å²) in [5.41, 5.74) is 6.61. The van der Waals surface area contributed by atoms with E-state index in [0.29, 0.717) is 22.2 Å². The fraction of sp³-hybridized carbons (Fsp3) is 0.533. The Hall–Kier alpha value is -1.22. The van der Waals surface area contributed by atoms with E-state index in [2.05, 4.69) is 12.2 Å². The van der Waals surface area contributed by atoms with Gasteiger partial charge in [-0.3, -0.25) is 4.79 Å². The summed E-state index contributed by atoms with van der Waals surface area (Å²) >= 11 is 6.04. The zero-order chi connectivity index (χ0) is 13.8. The van der Waals surface area contributed by atoms with Crippen LogP contribution in [0.4, 0.5) is 5.69 Å². The molecule has 4 heteroatoms. The second-order valence-electron chi connectivity index (χ2n) is 5.54. The molecule has 0 atom stereocenters. The van der Waals surface area contributed by atoms with E-state index >= 15 is 0 Å². The molecule has 2 rings (SSSR count). The van der Waals surface area contributed by atoms with Crippen molar-refractivity contribution < 1.29 is 4.79 Å². The van der Waals surface area contributed by atoms with E-state index in [1.54, 1.807) is 18.2 Å². The lowest BCUT2D eigenvalue weighted by molar-refractivity contribution is 0.0942.